The summed E-state index contributed by atoms with van der Waals surface area (Å²) in [5.74, 6) is 6.54. The Morgan fingerprint density at radius 2 is 1.58 bits per heavy atom. The predicted octanol–water partition coefficient (Wildman–Crippen LogP) is 4.45. The van der Waals surface area contributed by atoms with Crippen LogP contribution in [0, 0.1) is 11.8 Å². The summed E-state index contributed by atoms with van der Waals surface area (Å²) in [6.07, 6.45) is 4.30. The van der Waals surface area contributed by atoms with Gasteiger partial charge in [0.15, 0.2) is 0 Å². The Morgan fingerprint density at radius 3 is 2.19 bits per heavy atom. The quantitative estimate of drug-likeness (QED) is 0.544. The van der Waals surface area contributed by atoms with E-state index >= 15 is 0 Å². The van der Waals surface area contributed by atoms with Gasteiger partial charge in [0.25, 0.3) is 5.91 Å². The Hall–Kier alpha value is -3.34. The molecule has 1 amide bonds. The van der Waals surface area contributed by atoms with Gasteiger partial charge in [0.1, 0.15) is 11.5 Å². The molecule has 3 rings (SSSR count). The number of ether oxygens (including phenoxy) is 2. The number of pyridine rings is 1. The molecule has 8 heteroatoms. The van der Waals surface area contributed by atoms with E-state index in [1.807, 2.05) is 0 Å². The van der Waals surface area contributed by atoms with E-state index in [-0.39, 0.29) is 5.56 Å². The van der Waals surface area contributed by atoms with Gasteiger partial charge in [0, 0.05) is 45.8 Å². The molecule has 1 aromatic heterocycles. The van der Waals surface area contributed by atoms with Gasteiger partial charge in [-0.15, -0.1) is 0 Å². The number of carbonyl (C=O) groups is 1. The van der Waals surface area contributed by atoms with Crippen molar-refractivity contribution in [1.82, 2.24) is 4.98 Å². The molecule has 0 N–H and O–H groups in total. The van der Waals surface area contributed by atoms with Crippen LogP contribution in [0.25, 0.3) is 0 Å². The minimum absolute atomic E-state index is 0.193. The zero-order chi connectivity index (χ0) is 22.4. The van der Waals surface area contributed by atoms with Crippen LogP contribution in [0.3, 0.4) is 0 Å². The molecular weight excluding hydrogens is 436 g/mol. The average Bonchev–Trinajstić information content (AvgIpc) is 2.77. The van der Waals surface area contributed by atoms with Gasteiger partial charge in [-0.05, 0) is 42.5 Å². The number of carbonyl (C=O) groups excluding carboxylic acids is 1. The van der Waals surface area contributed by atoms with Crippen LogP contribution in [0.5, 0.6) is 11.5 Å². The van der Waals surface area contributed by atoms with Crippen LogP contribution in [0.1, 0.15) is 21.5 Å². The van der Waals surface area contributed by atoms with E-state index in [1.54, 1.807) is 62.8 Å². The highest BCUT2D eigenvalue weighted by atomic mass is 35.5. The molecule has 0 aliphatic heterocycles. The fourth-order valence-electron chi connectivity index (χ4n) is 2.60. The lowest BCUT2D eigenvalue weighted by Gasteiger charge is -2.05. The van der Waals surface area contributed by atoms with Crippen molar-refractivity contribution in [3.05, 3.63) is 82.6 Å². The standard InChI is InChI=1S/C23H19ClN2O4S/c1-29-20-11-16(12-21(13-20)30-2)4-5-17-10-18(15-25-14-17)23(27)26-31(3,28)22-8-6-19(24)7-9-22/h6-15H,1-3H3. The van der Waals surface area contributed by atoms with Gasteiger partial charge in [0.05, 0.1) is 29.5 Å². The first kappa shape index (κ1) is 22.3. The molecule has 0 saturated heterocycles. The molecule has 31 heavy (non-hydrogen) atoms. The second-order valence-corrected chi connectivity index (χ2v) is 9.16. The van der Waals surface area contributed by atoms with Crippen molar-refractivity contribution in [2.75, 3.05) is 20.5 Å². The van der Waals surface area contributed by atoms with Crippen LogP contribution in [0.4, 0.5) is 0 Å². The summed E-state index contributed by atoms with van der Waals surface area (Å²) in [5, 5.41) is 0.509. The normalized spacial score (nSPS) is 12.1. The van der Waals surface area contributed by atoms with Crippen LogP contribution < -0.4 is 9.47 Å². The van der Waals surface area contributed by atoms with Crippen LogP contribution in [-0.4, -0.2) is 35.6 Å². The number of hydrogen-bond acceptors (Lipinski definition) is 5. The summed E-state index contributed by atoms with van der Waals surface area (Å²) in [4.78, 5) is 17.1. The molecule has 2 aromatic carbocycles. The van der Waals surface area contributed by atoms with E-state index in [2.05, 4.69) is 21.2 Å². The molecule has 0 radical (unpaired) electrons. The second kappa shape index (κ2) is 9.65. The highest BCUT2D eigenvalue weighted by molar-refractivity contribution is 7.93. The number of halogens is 1. The minimum Gasteiger partial charge on any atom is -0.497 e. The van der Waals surface area contributed by atoms with Crippen molar-refractivity contribution in [2.24, 2.45) is 4.36 Å². The number of methoxy groups -OCH3 is 2. The minimum atomic E-state index is -2.93. The topological polar surface area (TPSA) is 77.9 Å². The third-order valence-electron chi connectivity index (χ3n) is 4.20. The SMILES string of the molecule is COc1cc(C#Cc2cncc(C(=O)N=S(C)(=O)c3ccc(Cl)cc3)c2)cc(OC)c1. The largest absolute Gasteiger partial charge is 0.497 e. The highest BCUT2D eigenvalue weighted by Crippen LogP contribution is 2.22. The Kier molecular flexibility index (Phi) is 6.95. The zero-order valence-electron chi connectivity index (χ0n) is 17.1. The average molecular weight is 455 g/mol. The van der Waals surface area contributed by atoms with Crippen molar-refractivity contribution in [1.29, 1.82) is 0 Å². The van der Waals surface area contributed by atoms with E-state index in [9.17, 15) is 9.00 Å². The fraction of sp³-hybridized carbons (Fsp3) is 0.130. The van der Waals surface area contributed by atoms with E-state index in [4.69, 9.17) is 21.1 Å². The fourth-order valence-corrected chi connectivity index (χ4v) is 3.89. The lowest BCUT2D eigenvalue weighted by Crippen LogP contribution is -2.04. The van der Waals surface area contributed by atoms with Crippen LogP contribution in [0.2, 0.25) is 5.02 Å². The van der Waals surface area contributed by atoms with Crippen LogP contribution in [0.15, 0.2) is 70.2 Å². The molecule has 0 bridgehead atoms. The van der Waals surface area contributed by atoms with E-state index in [0.717, 1.165) is 0 Å². The first-order valence-corrected chi connectivity index (χ1v) is 11.3. The van der Waals surface area contributed by atoms with Crippen molar-refractivity contribution < 1.29 is 18.5 Å². The molecule has 0 fully saturated rings. The third-order valence-corrected chi connectivity index (χ3v) is 6.11. The van der Waals surface area contributed by atoms with Gasteiger partial charge < -0.3 is 9.47 Å². The van der Waals surface area contributed by atoms with E-state index in [0.29, 0.717) is 32.5 Å². The van der Waals surface area contributed by atoms with Crippen LogP contribution in [-0.2, 0) is 9.73 Å². The molecule has 0 aliphatic rings. The summed E-state index contributed by atoms with van der Waals surface area (Å²) in [5.41, 5.74) is 1.38. The number of rotatable bonds is 4. The number of nitrogens with zero attached hydrogens (tertiary/aromatic N) is 2. The number of amides is 1. The summed E-state index contributed by atoms with van der Waals surface area (Å²) in [7, 11) is 0.187. The highest BCUT2D eigenvalue weighted by Gasteiger charge is 2.12. The number of benzene rings is 2. The van der Waals surface area contributed by atoms with Gasteiger partial charge in [0.2, 0.25) is 0 Å². The maximum atomic E-state index is 12.9. The molecule has 158 valence electrons. The Balaban J connectivity index is 1.89. The molecule has 1 unspecified atom stereocenters. The molecule has 0 aliphatic carbocycles. The Labute approximate surface area is 186 Å². The smallest absolute Gasteiger partial charge is 0.286 e. The summed E-state index contributed by atoms with van der Waals surface area (Å²) >= 11 is 5.86. The molecule has 1 heterocycles. The van der Waals surface area contributed by atoms with Gasteiger partial charge >= 0.3 is 0 Å². The van der Waals surface area contributed by atoms with E-state index < -0.39 is 15.6 Å². The summed E-state index contributed by atoms with van der Waals surface area (Å²) < 4.78 is 27.3. The van der Waals surface area contributed by atoms with Crippen molar-refractivity contribution in [3.63, 3.8) is 0 Å². The molecule has 0 spiro atoms. The van der Waals surface area contributed by atoms with Gasteiger partial charge in [-0.25, -0.2) is 4.21 Å². The number of aromatic nitrogens is 1. The van der Waals surface area contributed by atoms with Gasteiger partial charge in [-0.1, -0.05) is 23.4 Å². The first-order valence-electron chi connectivity index (χ1n) is 9.03. The second-order valence-electron chi connectivity index (χ2n) is 6.47. The van der Waals surface area contributed by atoms with Gasteiger partial charge in [-0.3, -0.25) is 9.78 Å². The maximum absolute atomic E-state index is 12.9. The predicted molar refractivity (Wildman–Crippen MR) is 120 cm³/mol. The molecule has 3 aromatic rings. The molecular formula is C23H19ClN2O4S. The third kappa shape index (κ3) is 5.85. The van der Waals surface area contributed by atoms with Crippen molar-refractivity contribution in [3.8, 4) is 23.3 Å². The first-order chi connectivity index (χ1) is 14.8. The monoisotopic (exact) mass is 454 g/mol. The Bertz CT molecular complexity index is 1280. The van der Waals surface area contributed by atoms with Crippen LogP contribution >= 0.6 is 11.6 Å². The van der Waals surface area contributed by atoms with Crippen molar-refractivity contribution in [2.45, 2.75) is 4.90 Å². The molecule has 1 atom stereocenters. The lowest BCUT2D eigenvalue weighted by molar-refractivity contribution is 0.100. The Morgan fingerprint density at radius 1 is 0.968 bits per heavy atom. The van der Waals surface area contributed by atoms with Crippen molar-refractivity contribution >= 4 is 27.2 Å². The molecule has 0 saturated carbocycles. The maximum Gasteiger partial charge on any atom is 0.286 e. The lowest BCUT2D eigenvalue weighted by atomic mass is 10.1. The van der Waals surface area contributed by atoms with Gasteiger partial charge in [-0.2, -0.15) is 4.36 Å². The summed E-state index contributed by atoms with van der Waals surface area (Å²) in [6, 6.07) is 13.2. The van der Waals surface area contributed by atoms with E-state index in [1.165, 1.54) is 18.6 Å². The molecule has 6 nitrogen and oxygen atoms in total. The summed E-state index contributed by atoms with van der Waals surface area (Å²) in [6.45, 7) is 0. The number of hydrogen-bond donors (Lipinski definition) is 0. The zero-order valence-corrected chi connectivity index (χ0v) is 18.7.